The minimum Gasteiger partial charge on any atom is -0.465 e. The number of rotatable bonds is 9. The molecule has 1 saturated heterocycles. The fourth-order valence-corrected chi connectivity index (χ4v) is 6.75. The molecule has 2 fully saturated rings. The van der Waals surface area contributed by atoms with Crippen LogP contribution in [0.1, 0.15) is 18.4 Å². The van der Waals surface area contributed by atoms with Gasteiger partial charge in [0.2, 0.25) is 5.91 Å². The number of carboxylic acid groups (broad SMARTS) is 1. The molecule has 1 aliphatic carbocycles. The first-order chi connectivity index (χ1) is 18.6. The lowest BCUT2D eigenvalue weighted by molar-refractivity contribution is -0.132. The third-order valence-corrected chi connectivity index (χ3v) is 9.18. The van der Waals surface area contributed by atoms with Crippen molar-refractivity contribution >= 4 is 38.8 Å². The van der Waals surface area contributed by atoms with Gasteiger partial charge in [-0.25, -0.2) is 17.9 Å². The largest absolute Gasteiger partial charge is 0.465 e. The van der Waals surface area contributed by atoms with Gasteiger partial charge in [0, 0.05) is 30.6 Å². The van der Waals surface area contributed by atoms with Gasteiger partial charge >= 0.3 is 6.09 Å². The zero-order chi connectivity index (χ0) is 27.8. The molecule has 4 N–H and O–H groups in total. The van der Waals surface area contributed by atoms with E-state index in [0.717, 1.165) is 5.56 Å². The molecule has 39 heavy (non-hydrogen) atoms. The topological polar surface area (TPSA) is 149 Å². The van der Waals surface area contributed by atoms with E-state index in [2.05, 4.69) is 21.6 Å². The Morgan fingerprint density at radius 3 is 2.56 bits per heavy atom. The van der Waals surface area contributed by atoms with Crippen LogP contribution in [0.3, 0.4) is 0 Å². The van der Waals surface area contributed by atoms with E-state index in [9.17, 15) is 27.9 Å². The molecule has 0 spiro atoms. The second kappa shape index (κ2) is 10.2. The SMILES string of the molecule is C=C[C@@H]1C[C@]1(NC(=O)[C@H]1CN(C(=O)O)C[C@@H]1CCc1ccccc1)C(=O)NS(=O)(=O)c1cccc2cc[nH]c12. The van der Waals surface area contributed by atoms with Gasteiger partial charge in [-0.2, -0.15) is 0 Å². The standard InChI is InChI=1S/C28H30N4O6S/c1-2-21-15-28(21,26(34)31-39(37,38)23-10-6-9-19-13-14-29-24(19)23)30-25(33)22-17-32(27(35)36)16-20(22)12-11-18-7-4-3-5-8-18/h2-10,13-14,20-22,29H,1,11-12,15-17H2,(H,30,33)(H,31,34)(H,35,36)/t20-,21+,22-,28+/m0/s1. The number of aromatic amines is 1. The van der Waals surface area contributed by atoms with Crippen molar-refractivity contribution < 1.29 is 27.9 Å². The van der Waals surface area contributed by atoms with Crippen LogP contribution in [-0.4, -0.2) is 59.9 Å². The number of hydrogen-bond acceptors (Lipinski definition) is 5. The van der Waals surface area contributed by atoms with Crippen molar-refractivity contribution in [3.05, 3.63) is 79.0 Å². The Labute approximate surface area is 226 Å². The summed E-state index contributed by atoms with van der Waals surface area (Å²) >= 11 is 0. The van der Waals surface area contributed by atoms with Crippen molar-refractivity contribution in [2.75, 3.05) is 13.1 Å². The van der Waals surface area contributed by atoms with E-state index in [1.165, 1.54) is 17.0 Å². The maximum Gasteiger partial charge on any atom is 0.407 e. The van der Waals surface area contributed by atoms with E-state index in [1.807, 2.05) is 30.3 Å². The number of para-hydroxylation sites is 1. The fraction of sp³-hybridized carbons (Fsp3) is 0.321. The average Bonchev–Trinajstić information content (AvgIpc) is 3.23. The van der Waals surface area contributed by atoms with Gasteiger partial charge in [0.15, 0.2) is 0 Å². The number of benzene rings is 2. The van der Waals surface area contributed by atoms with Crippen LogP contribution in [0.15, 0.2) is 78.3 Å². The highest BCUT2D eigenvalue weighted by Gasteiger charge is 2.61. The van der Waals surface area contributed by atoms with Crippen LogP contribution < -0.4 is 10.0 Å². The fourth-order valence-electron chi connectivity index (χ4n) is 5.51. The predicted octanol–water partition coefficient (Wildman–Crippen LogP) is 2.89. The number of nitrogens with zero attached hydrogens (tertiary/aromatic N) is 1. The normalized spacial score (nSPS) is 24.3. The van der Waals surface area contributed by atoms with E-state index in [1.54, 1.807) is 24.4 Å². The molecule has 2 aliphatic rings. The molecule has 204 valence electrons. The van der Waals surface area contributed by atoms with Gasteiger partial charge in [-0.1, -0.05) is 48.5 Å². The smallest absolute Gasteiger partial charge is 0.407 e. The molecule has 1 aliphatic heterocycles. The number of sulfonamides is 1. The van der Waals surface area contributed by atoms with Gasteiger partial charge in [-0.05, 0) is 42.9 Å². The van der Waals surface area contributed by atoms with Crippen molar-refractivity contribution in [1.29, 1.82) is 0 Å². The van der Waals surface area contributed by atoms with Crippen LogP contribution in [-0.2, 0) is 26.0 Å². The summed E-state index contributed by atoms with van der Waals surface area (Å²) in [6, 6.07) is 16.2. The van der Waals surface area contributed by atoms with Gasteiger partial charge < -0.3 is 20.3 Å². The van der Waals surface area contributed by atoms with Crippen LogP contribution in [0.2, 0.25) is 0 Å². The summed E-state index contributed by atoms with van der Waals surface area (Å²) < 4.78 is 28.5. The second-order valence-electron chi connectivity index (χ2n) is 10.2. The molecule has 1 saturated carbocycles. The number of nitrogens with one attached hydrogen (secondary N) is 3. The minimum absolute atomic E-state index is 0.00416. The third kappa shape index (κ3) is 5.14. The first-order valence-electron chi connectivity index (χ1n) is 12.7. The molecule has 5 rings (SSSR count). The number of likely N-dealkylation sites (tertiary alicyclic amines) is 1. The Kier molecular flexibility index (Phi) is 6.94. The Balaban J connectivity index is 1.33. The number of amides is 3. The Morgan fingerprint density at radius 2 is 1.87 bits per heavy atom. The lowest BCUT2D eigenvalue weighted by Gasteiger charge is -2.23. The minimum atomic E-state index is -4.26. The zero-order valence-corrected chi connectivity index (χ0v) is 22.0. The molecule has 3 amide bonds. The van der Waals surface area contributed by atoms with Crippen molar-refractivity contribution in [2.45, 2.75) is 29.7 Å². The highest BCUT2D eigenvalue weighted by Crippen LogP contribution is 2.45. The lowest BCUT2D eigenvalue weighted by atomic mass is 9.89. The summed E-state index contributed by atoms with van der Waals surface area (Å²) in [5.74, 6) is -2.71. The summed E-state index contributed by atoms with van der Waals surface area (Å²) in [7, 11) is -4.26. The van der Waals surface area contributed by atoms with E-state index in [0.29, 0.717) is 23.7 Å². The number of aryl methyl sites for hydroxylation is 1. The summed E-state index contributed by atoms with van der Waals surface area (Å²) in [6.07, 6.45) is 3.47. The zero-order valence-electron chi connectivity index (χ0n) is 21.2. The van der Waals surface area contributed by atoms with E-state index >= 15 is 0 Å². The highest BCUT2D eigenvalue weighted by atomic mass is 32.2. The van der Waals surface area contributed by atoms with Crippen molar-refractivity contribution in [1.82, 2.24) is 19.9 Å². The molecular weight excluding hydrogens is 520 g/mol. The quantitative estimate of drug-likeness (QED) is 0.301. The predicted molar refractivity (Wildman–Crippen MR) is 144 cm³/mol. The third-order valence-electron chi connectivity index (χ3n) is 7.81. The Bertz CT molecular complexity index is 1540. The number of fused-ring (bicyclic) bond motifs is 1. The van der Waals surface area contributed by atoms with Gasteiger partial charge in [0.1, 0.15) is 10.4 Å². The van der Waals surface area contributed by atoms with E-state index in [4.69, 9.17) is 0 Å². The monoisotopic (exact) mass is 550 g/mol. The first-order valence-corrected chi connectivity index (χ1v) is 14.2. The van der Waals surface area contributed by atoms with Crippen molar-refractivity contribution in [3.63, 3.8) is 0 Å². The number of aromatic nitrogens is 1. The molecule has 4 atom stereocenters. The lowest BCUT2D eigenvalue weighted by Crippen LogP contribution is -2.54. The van der Waals surface area contributed by atoms with Crippen LogP contribution in [0.4, 0.5) is 4.79 Å². The van der Waals surface area contributed by atoms with Crippen molar-refractivity contribution in [3.8, 4) is 0 Å². The molecule has 0 unspecified atom stereocenters. The van der Waals surface area contributed by atoms with Crippen LogP contribution in [0.25, 0.3) is 10.9 Å². The summed E-state index contributed by atoms with van der Waals surface area (Å²) in [4.78, 5) is 42.7. The number of H-pyrrole nitrogens is 1. The molecule has 2 aromatic carbocycles. The van der Waals surface area contributed by atoms with Crippen molar-refractivity contribution in [2.24, 2.45) is 17.8 Å². The molecule has 10 nitrogen and oxygen atoms in total. The first kappa shape index (κ1) is 26.5. The maximum atomic E-state index is 13.5. The molecule has 1 aromatic heterocycles. The van der Waals surface area contributed by atoms with Crippen LogP contribution >= 0.6 is 0 Å². The highest BCUT2D eigenvalue weighted by molar-refractivity contribution is 7.90. The number of hydrogen-bond donors (Lipinski definition) is 4. The molecule has 11 heteroatoms. The Morgan fingerprint density at radius 1 is 1.10 bits per heavy atom. The van der Waals surface area contributed by atoms with E-state index in [-0.39, 0.29) is 30.3 Å². The number of carbonyl (C=O) groups is 3. The summed E-state index contributed by atoms with van der Waals surface area (Å²) in [5.41, 5.74) is -0.0266. The number of carbonyl (C=O) groups excluding carboxylic acids is 2. The Hall–Kier alpha value is -4.12. The van der Waals surface area contributed by atoms with Gasteiger partial charge in [-0.15, -0.1) is 6.58 Å². The van der Waals surface area contributed by atoms with Gasteiger partial charge in [0.25, 0.3) is 15.9 Å². The average molecular weight is 551 g/mol. The summed E-state index contributed by atoms with van der Waals surface area (Å²) in [5, 5.41) is 13.0. The maximum absolute atomic E-state index is 13.5. The van der Waals surface area contributed by atoms with E-state index < -0.39 is 45.3 Å². The van der Waals surface area contributed by atoms with Gasteiger partial charge in [-0.3, -0.25) is 9.59 Å². The molecule has 0 radical (unpaired) electrons. The van der Waals surface area contributed by atoms with Crippen LogP contribution in [0.5, 0.6) is 0 Å². The van der Waals surface area contributed by atoms with Gasteiger partial charge in [0.05, 0.1) is 11.4 Å². The van der Waals surface area contributed by atoms with Crippen LogP contribution in [0, 0.1) is 17.8 Å². The second-order valence-corrected chi connectivity index (χ2v) is 11.9. The summed E-state index contributed by atoms with van der Waals surface area (Å²) in [6.45, 7) is 3.95. The molecule has 0 bridgehead atoms. The molecular formula is C28H30N4O6S. The molecule has 3 aromatic rings. The molecule has 2 heterocycles.